The van der Waals surface area contributed by atoms with Gasteiger partial charge in [-0.2, -0.15) is 5.06 Å². The Balaban J connectivity index is 2.56. The van der Waals surface area contributed by atoms with Crippen LogP contribution in [0.25, 0.3) is 0 Å². The molecule has 1 aromatic carbocycles. The van der Waals surface area contributed by atoms with Crippen molar-refractivity contribution in [1.82, 2.24) is 5.06 Å². The van der Waals surface area contributed by atoms with Crippen molar-refractivity contribution in [3.63, 3.8) is 0 Å². The summed E-state index contributed by atoms with van der Waals surface area (Å²) in [4.78, 5) is 11.3. The highest BCUT2D eigenvalue weighted by atomic mass is 16.5. The smallest absolute Gasteiger partial charge is 0.265 e. The Morgan fingerprint density at radius 2 is 2.00 bits per heavy atom. The summed E-state index contributed by atoms with van der Waals surface area (Å²) < 4.78 is 0. The highest BCUT2D eigenvalue weighted by Crippen LogP contribution is 2.03. The lowest BCUT2D eigenvalue weighted by atomic mass is 10.1. The van der Waals surface area contributed by atoms with Gasteiger partial charge in [-0.25, -0.2) is 0 Å². The number of nitrogens with two attached hydrogens (primary N) is 1. The Labute approximate surface area is 87.7 Å². The third-order valence-electron chi connectivity index (χ3n) is 2.00. The molecule has 0 aliphatic heterocycles. The van der Waals surface area contributed by atoms with Crippen molar-refractivity contribution in [2.75, 3.05) is 6.73 Å². The summed E-state index contributed by atoms with van der Waals surface area (Å²) in [6.45, 7) is -0.749. The standard InChI is InChI=1S/C10H14N2O3/c11-9(10(14)12(15)7-13)6-8-4-2-1-3-5-8/h1-5,9,13,15H,6-7,11H2. The lowest BCUT2D eigenvalue weighted by Crippen LogP contribution is -2.43. The largest absolute Gasteiger partial charge is 0.374 e. The van der Waals surface area contributed by atoms with Gasteiger partial charge in [0.15, 0.2) is 0 Å². The van der Waals surface area contributed by atoms with E-state index in [1.807, 2.05) is 30.3 Å². The first-order chi connectivity index (χ1) is 7.15. The van der Waals surface area contributed by atoms with Gasteiger partial charge in [0.05, 0.1) is 6.04 Å². The Bertz CT molecular complexity index is 316. The van der Waals surface area contributed by atoms with E-state index in [4.69, 9.17) is 16.0 Å². The van der Waals surface area contributed by atoms with Crippen LogP contribution in [0.3, 0.4) is 0 Å². The van der Waals surface area contributed by atoms with E-state index in [2.05, 4.69) is 0 Å². The zero-order chi connectivity index (χ0) is 11.3. The molecule has 0 bridgehead atoms. The van der Waals surface area contributed by atoms with Gasteiger partial charge in [-0.05, 0) is 12.0 Å². The second-order valence-electron chi connectivity index (χ2n) is 3.18. The molecule has 0 heterocycles. The van der Waals surface area contributed by atoms with E-state index in [-0.39, 0.29) is 5.06 Å². The molecular weight excluding hydrogens is 196 g/mol. The van der Waals surface area contributed by atoms with Crippen molar-refractivity contribution >= 4 is 5.91 Å². The van der Waals surface area contributed by atoms with Crippen LogP contribution in [-0.4, -0.2) is 34.1 Å². The van der Waals surface area contributed by atoms with Gasteiger partial charge < -0.3 is 10.8 Å². The predicted octanol–water partition coefficient (Wildman–Crippen LogP) is -0.276. The lowest BCUT2D eigenvalue weighted by Gasteiger charge is -2.16. The fourth-order valence-electron chi connectivity index (χ4n) is 1.22. The minimum absolute atomic E-state index is 0.202. The topological polar surface area (TPSA) is 86.8 Å². The summed E-state index contributed by atoms with van der Waals surface area (Å²) >= 11 is 0. The Hall–Kier alpha value is -1.43. The monoisotopic (exact) mass is 210 g/mol. The van der Waals surface area contributed by atoms with Crippen molar-refractivity contribution in [2.45, 2.75) is 12.5 Å². The third-order valence-corrected chi connectivity index (χ3v) is 2.00. The first kappa shape index (κ1) is 11.6. The van der Waals surface area contributed by atoms with Gasteiger partial charge in [0.2, 0.25) is 0 Å². The van der Waals surface area contributed by atoms with Crippen molar-refractivity contribution < 1.29 is 15.1 Å². The van der Waals surface area contributed by atoms with Crippen LogP contribution in [0.15, 0.2) is 30.3 Å². The van der Waals surface area contributed by atoms with Gasteiger partial charge in [-0.1, -0.05) is 30.3 Å². The molecule has 0 saturated carbocycles. The molecule has 15 heavy (non-hydrogen) atoms. The number of hydrogen-bond acceptors (Lipinski definition) is 4. The molecule has 1 unspecified atom stereocenters. The number of rotatable bonds is 4. The molecule has 4 N–H and O–H groups in total. The van der Waals surface area contributed by atoms with Crippen molar-refractivity contribution in [2.24, 2.45) is 5.73 Å². The molecule has 5 heteroatoms. The van der Waals surface area contributed by atoms with Crippen LogP contribution < -0.4 is 5.73 Å². The van der Waals surface area contributed by atoms with Gasteiger partial charge in [-0.15, -0.1) is 0 Å². The summed E-state index contributed by atoms with van der Waals surface area (Å²) in [6.07, 6.45) is 0.330. The second-order valence-corrected chi connectivity index (χ2v) is 3.18. The molecule has 5 nitrogen and oxygen atoms in total. The maximum Gasteiger partial charge on any atom is 0.265 e. The number of benzene rings is 1. The van der Waals surface area contributed by atoms with Gasteiger partial charge in [0.25, 0.3) is 5.91 Å². The third kappa shape index (κ3) is 3.32. The van der Waals surface area contributed by atoms with E-state index in [9.17, 15) is 4.79 Å². The fourth-order valence-corrected chi connectivity index (χ4v) is 1.22. The minimum atomic E-state index is -0.843. The van der Waals surface area contributed by atoms with E-state index < -0.39 is 18.7 Å². The van der Waals surface area contributed by atoms with E-state index in [1.54, 1.807) is 0 Å². The average Bonchev–Trinajstić information content (AvgIpc) is 2.28. The van der Waals surface area contributed by atoms with Crippen molar-refractivity contribution in [1.29, 1.82) is 0 Å². The SMILES string of the molecule is NC(Cc1ccccc1)C(=O)N(O)CO. The van der Waals surface area contributed by atoms with Crippen molar-refractivity contribution in [3.05, 3.63) is 35.9 Å². The number of hydrogen-bond donors (Lipinski definition) is 3. The molecule has 0 aliphatic carbocycles. The fraction of sp³-hybridized carbons (Fsp3) is 0.300. The quantitative estimate of drug-likeness (QED) is 0.362. The summed E-state index contributed by atoms with van der Waals surface area (Å²) in [5.41, 5.74) is 6.47. The van der Waals surface area contributed by atoms with Crippen LogP contribution in [0, 0.1) is 0 Å². The molecule has 1 atom stereocenters. The average molecular weight is 210 g/mol. The number of carbonyl (C=O) groups is 1. The van der Waals surface area contributed by atoms with Crippen molar-refractivity contribution in [3.8, 4) is 0 Å². The highest BCUT2D eigenvalue weighted by molar-refractivity contribution is 5.80. The number of nitrogens with zero attached hydrogens (tertiary/aromatic N) is 1. The highest BCUT2D eigenvalue weighted by Gasteiger charge is 2.18. The van der Waals surface area contributed by atoms with E-state index in [0.717, 1.165) is 5.56 Å². The lowest BCUT2D eigenvalue weighted by molar-refractivity contribution is -0.181. The van der Waals surface area contributed by atoms with Crippen LogP contribution in [0.2, 0.25) is 0 Å². The summed E-state index contributed by atoms with van der Waals surface area (Å²) in [7, 11) is 0. The van der Waals surface area contributed by atoms with E-state index >= 15 is 0 Å². The molecule has 82 valence electrons. The first-order valence-corrected chi connectivity index (χ1v) is 4.55. The second kappa shape index (κ2) is 5.45. The van der Waals surface area contributed by atoms with E-state index in [0.29, 0.717) is 6.42 Å². The molecule has 0 aliphatic rings. The number of carbonyl (C=O) groups excluding carboxylic acids is 1. The number of hydroxylamine groups is 2. The zero-order valence-electron chi connectivity index (χ0n) is 8.21. The minimum Gasteiger partial charge on any atom is -0.374 e. The van der Waals surface area contributed by atoms with Gasteiger partial charge in [-0.3, -0.25) is 10.0 Å². The molecule has 1 rings (SSSR count). The van der Waals surface area contributed by atoms with Gasteiger partial charge in [0, 0.05) is 0 Å². The number of amides is 1. The Morgan fingerprint density at radius 1 is 1.40 bits per heavy atom. The van der Waals surface area contributed by atoms with Crippen LogP contribution in [-0.2, 0) is 11.2 Å². The molecule has 0 radical (unpaired) electrons. The van der Waals surface area contributed by atoms with Crippen LogP contribution in [0.4, 0.5) is 0 Å². The number of aliphatic hydroxyl groups is 1. The van der Waals surface area contributed by atoms with Gasteiger partial charge >= 0.3 is 0 Å². The summed E-state index contributed by atoms with van der Waals surface area (Å²) in [5.74, 6) is -0.693. The molecule has 0 saturated heterocycles. The maximum absolute atomic E-state index is 11.3. The zero-order valence-corrected chi connectivity index (χ0v) is 8.21. The molecular formula is C10H14N2O3. The van der Waals surface area contributed by atoms with Crippen LogP contribution in [0.1, 0.15) is 5.56 Å². The maximum atomic E-state index is 11.3. The van der Waals surface area contributed by atoms with Crippen LogP contribution >= 0.6 is 0 Å². The first-order valence-electron chi connectivity index (χ1n) is 4.55. The van der Waals surface area contributed by atoms with E-state index in [1.165, 1.54) is 0 Å². The molecule has 0 fully saturated rings. The molecule has 0 aromatic heterocycles. The normalized spacial score (nSPS) is 12.2. The van der Waals surface area contributed by atoms with Crippen LogP contribution in [0.5, 0.6) is 0 Å². The summed E-state index contributed by atoms with van der Waals surface area (Å²) in [6, 6.07) is 8.39. The predicted molar refractivity (Wildman–Crippen MR) is 53.8 cm³/mol. The molecule has 1 amide bonds. The number of aliphatic hydroxyl groups excluding tert-OH is 1. The molecule has 1 aromatic rings. The van der Waals surface area contributed by atoms with Gasteiger partial charge in [0.1, 0.15) is 6.73 Å². The molecule has 0 spiro atoms. The summed E-state index contributed by atoms with van der Waals surface area (Å²) in [5, 5.41) is 17.7. The Kier molecular flexibility index (Phi) is 4.23. The Morgan fingerprint density at radius 3 is 2.53 bits per heavy atom.